The molecule has 0 saturated heterocycles. The number of fused-ring (bicyclic) bond motifs is 1. The second-order valence-electron chi connectivity index (χ2n) is 4.45. The Bertz CT molecular complexity index is 412. The molecule has 1 aliphatic heterocycles. The van der Waals surface area contributed by atoms with Gasteiger partial charge in [-0.15, -0.1) is 0 Å². The topological polar surface area (TPSA) is 46.5 Å². The predicted octanol–water partition coefficient (Wildman–Crippen LogP) is 2.72. The van der Waals surface area contributed by atoms with Gasteiger partial charge in [0.05, 0.1) is 12.5 Å². The van der Waals surface area contributed by atoms with Crippen LogP contribution in [-0.4, -0.2) is 17.2 Å². The van der Waals surface area contributed by atoms with E-state index in [1.165, 1.54) is 0 Å². The lowest BCUT2D eigenvalue weighted by atomic mass is 9.85. The van der Waals surface area contributed by atoms with Crippen LogP contribution in [0.5, 0.6) is 5.75 Å². The molecule has 1 heterocycles. The summed E-state index contributed by atoms with van der Waals surface area (Å²) in [7, 11) is 0. The molecule has 0 aromatic heterocycles. The van der Waals surface area contributed by atoms with E-state index in [2.05, 4.69) is 0 Å². The molecule has 0 amide bonds. The summed E-state index contributed by atoms with van der Waals surface area (Å²) in [5, 5.41) is 8.93. The van der Waals surface area contributed by atoms with Crippen molar-refractivity contribution in [2.75, 3.05) is 0 Å². The van der Waals surface area contributed by atoms with Gasteiger partial charge in [-0.3, -0.25) is 4.79 Å². The van der Waals surface area contributed by atoms with Gasteiger partial charge in [0.1, 0.15) is 5.75 Å². The first-order chi connectivity index (χ1) is 7.58. The quantitative estimate of drug-likeness (QED) is 0.833. The molecular formula is C13H16O3. The minimum Gasteiger partial charge on any atom is -0.490 e. The molecule has 3 nitrogen and oxygen atoms in total. The third kappa shape index (κ3) is 2.03. The van der Waals surface area contributed by atoms with Crippen molar-refractivity contribution >= 4 is 5.97 Å². The molecule has 0 saturated carbocycles. The highest BCUT2D eigenvalue weighted by Crippen LogP contribution is 2.39. The van der Waals surface area contributed by atoms with Crippen LogP contribution in [-0.2, 0) is 4.79 Å². The Kier molecular flexibility index (Phi) is 2.86. The first kappa shape index (κ1) is 11.0. The third-order valence-corrected chi connectivity index (χ3v) is 3.06. The van der Waals surface area contributed by atoms with Crippen molar-refractivity contribution in [3.05, 3.63) is 29.3 Å². The summed E-state index contributed by atoms with van der Waals surface area (Å²) in [4.78, 5) is 10.9. The van der Waals surface area contributed by atoms with E-state index in [9.17, 15) is 4.79 Å². The number of carboxylic acids is 1. The van der Waals surface area contributed by atoms with Gasteiger partial charge in [-0.1, -0.05) is 12.1 Å². The second kappa shape index (κ2) is 4.16. The van der Waals surface area contributed by atoms with Gasteiger partial charge >= 0.3 is 5.97 Å². The van der Waals surface area contributed by atoms with E-state index < -0.39 is 5.97 Å². The molecule has 2 unspecified atom stereocenters. The van der Waals surface area contributed by atoms with Crippen LogP contribution in [0.25, 0.3) is 0 Å². The van der Waals surface area contributed by atoms with Gasteiger partial charge in [-0.2, -0.15) is 0 Å². The van der Waals surface area contributed by atoms with Gasteiger partial charge < -0.3 is 9.84 Å². The number of ether oxygens (including phenoxy) is 1. The lowest BCUT2D eigenvalue weighted by Crippen LogP contribution is -2.24. The molecule has 0 radical (unpaired) electrons. The molecule has 86 valence electrons. The van der Waals surface area contributed by atoms with Crippen molar-refractivity contribution in [2.24, 2.45) is 0 Å². The minimum absolute atomic E-state index is 0.0810. The Hall–Kier alpha value is -1.51. The number of carboxylic acid groups (broad SMARTS) is 1. The number of aryl methyl sites for hydroxylation is 1. The first-order valence-electron chi connectivity index (χ1n) is 5.56. The Morgan fingerprint density at radius 3 is 3.00 bits per heavy atom. The summed E-state index contributed by atoms with van der Waals surface area (Å²) < 4.78 is 5.73. The number of benzene rings is 1. The van der Waals surface area contributed by atoms with Gasteiger partial charge in [0.15, 0.2) is 0 Å². The van der Waals surface area contributed by atoms with Crippen LogP contribution >= 0.6 is 0 Å². The van der Waals surface area contributed by atoms with Crippen molar-refractivity contribution in [1.82, 2.24) is 0 Å². The molecule has 1 aliphatic rings. The summed E-state index contributed by atoms with van der Waals surface area (Å²) >= 11 is 0. The van der Waals surface area contributed by atoms with Crippen LogP contribution in [0, 0.1) is 6.92 Å². The number of hydrogen-bond donors (Lipinski definition) is 1. The average molecular weight is 220 g/mol. The summed E-state index contributed by atoms with van der Waals surface area (Å²) in [5.74, 6) is 0.191. The van der Waals surface area contributed by atoms with Crippen molar-refractivity contribution in [3.63, 3.8) is 0 Å². The zero-order valence-electron chi connectivity index (χ0n) is 9.56. The normalized spacial score (nSPS) is 23.4. The third-order valence-electron chi connectivity index (χ3n) is 3.06. The lowest BCUT2D eigenvalue weighted by Gasteiger charge is -2.30. The number of aliphatic carboxylic acids is 1. The zero-order chi connectivity index (χ0) is 11.7. The molecule has 1 N–H and O–H groups in total. The summed E-state index contributed by atoms with van der Waals surface area (Å²) in [6, 6.07) is 5.88. The number of rotatable bonds is 2. The fourth-order valence-corrected chi connectivity index (χ4v) is 2.46. The van der Waals surface area contributed by atoms with E-state index in [1.807, 2.05) is 32.0 Å². The van der Waals surface area contributed by atoms with E-state index in [4.69, 9.17) is 9.84 Å². The molecule has 3 heteroatoms. The van der Waals surface area contributed by atoms with E-state index in [0.717, 1.165) is 23.3 Å². The molecule has 0 spiro atoms. The maximum Gasteiger partial charge on any atom is 0.303 e. The van der Waals surface area contributed by atoms with E-state index in [0.29, 0.717) is 0 Å². The summed E-state index contributed by atoms with van der Waals surface area (Å²) in [6.07, 6.45) is 1.06. The van der Waals surface area contributed by atoms with Crippen LogP contribution in [0.3, 0.4) is 0 Å². The average Bonchev–Trinajstić information content (AvgIpc) is 2.15. The van der Waals surface area contributed by atoms with Crippen LogP contribution < -0.4 is 4.74 Å². The maximum absolute atomic E-state index is 10.9. The maximum atomic E-state index is 10.9. The van der Waals surface area contributed by atoms with E-state index in [1.54, 1.807) is 0 Å². The molecule has 2 rings (SSSR count). The standard InChI is InChI=1S/C13H16O3/c1-8-4-3-5-11-13(8)10(7-12(14)15)6-9(2)16-11/h3-5,9-10H,6-7H2,1-2H3,(H,14,15). The largest absolute Gasteiger partial charge is 0.490 e. The van der Waals surface area contributed by atoms with Crippen LogP contribution in [0.15, 0.2) is 18.2 Å². The van der Waals surface area contributed by atoms with Gasteiger partial charge in [-0.05, 0) is 31.9 Å². The molecular weight excluding hydrogens is 204 g/mol. The Balaban J connectivity index is 2.39. The van der Waals surface area contributed by atoms with Crippen molar-refractivity contribution in [1.29, 1.82) is 0 Å². The molecule has 2 atom stereocenters. The first-order valence-corrected chi connectivity index (χ1v) is 5.56. The SMILES string of the molecule is Cc1cccc2c1C(CC(=O)O)CC(C)O2. The van der Waals surface area contributed by atoms with Gasteiger partial charge in [0, 0.05) is 11.5 Å². The fraction of sp³-hybridized carbons (Fsp3) is 0.462. The van der Waals surface area contributed by atoms with Gasteiger partial charge in [-0.25, -0.2) is 0 Å². The Morgan fingerprint density at radius 1 is 1.56 bits per heavy atom. The van der Waals surface area contributed by atoms with Crippen molar-refractivity contribution in [3.8, 4) is 5.75 Å². The molecule has 1 aromatic rings. The Morgan fingerprint density at radius 2 is 2.31 bits per heavy atom. The second-order valence-corrected chi connectivity index (χ2v) is 4.45. The summed E-state index contributed by atoms with van der Waals surface area (Å²) in [5.41, 5.74) is 2.19. The summed E-state index contributed by atoms with van der Waals surface area (Å²) in [6.45, 7) is 3.99. The van der Waals surface area contributed by atoms with Crippen LogP contribution in [0.4, 0.5) is 0 Å². The monoisotopic (exact) mass is 220 g/mol. The molecule has 16 heavy (non-hydrogen) atoms. The highest BCUT2D eigenvalue weighted by molar-refractivity contribution is 5.68. The molecule has 0 bridgehead atoms. The molecule has 1 aromatic carbocycles. The predicted molar refractivity (Wildman–Crippen MR) is 60.9 cm³/mol. The van der Waals surface area contributed by atoms with Gasteiger partial charge in [0.25, 0.3) is 0 Å². The number of hydrogen-bond acceptors (Lipinski definition) is 2. The highest BCUT2D eigenvalue weighted by atomic mass is 16.5. The van der Waals surface area contributed by atoms with Crippen LogP contribution in [0.2, 0.25) is 0 Å². The van der Waals surface area contributed by atoms with Crippen molar-refractivity contribution in [2.45, 2.75) is 38.7 Å². The minimum atomic E-state index is -0.742. The van der Waals surface area contributed by atoms with E-state index in [-0.39, 0.29) is 18.4 Å². The smallest absolute Gasteiger partial charge is 0.303 e. The van der Waals surface area contributed by atoms with Crippen LogP contribution in [0.1, 0.15) is 36.8 Å². The molecule has 0 aliphatic carbocycles. The lowest BCUT2D eigenvalue weighted by molar-refractivity contribution is -0.137. The van der Waals surface area contributed by atoms with Gasteiger partial charge in [0.2, 0.25) is 0 Å². The fourth-order valence-electron chi connectivity index (χ4n) is 2.46. The Labute approximate surface area is 95.0 Å². The molecule has 0 fully saturated rings. The number of carbonyl (C=O) groups is 1. The zero-order valence-corrected chi connectivity index (χ0v) is 9.56. The van der Waals surface area contributed by atoms with E-state index >= 15 is 0 Å². The van der Waals surface area contributed by atoms with Crippen molar-refractivity contribution < 1.29 is 14.6 Å². The highest BCUT2D eigenvalue weighted by Gasteiger charge is 2.28.